The molecule has 1 N–H and O–H groups in total. The van der Waals surface area contributed by atoms with E-state index in [1.807, 2.05) is 0 Å². The van der Waals surface area contributed by atoms with Crippen molar-refractivity contribution in [3.8, 4) is 11.6 Å². The van der Waals surface area contributed by atoms with E-state index in [2.05, 4.69) is 20.3 Å². The maximum atomic E-state index is 11.8. The zero-order chi connectivity index (χ0) is 15.4. The fourth-order valence-corrected chi connectivity index (χ4v) is 2.32. The second kappa shape index (κ2) is 6.44. The number of alkyl carbamates (subject to hydrolysis) is 1. The van der Waals surface area contributed by atoms with E-state index in [9.17, 15) is 9.59 Å². The first-order valence-corrected chi connectivity index (χ1v) is 6.89. The van der Waals surface area contributed by atoms with Crippen LogP contribution in [0.3, 0.4) is 0 Å². The van der Waals surface area contributed by atoms with Gasteiger partial charge in [-0.2, -0.15) is 0 Å². The monoisotopic (exact) mass is 310 g/mol. The van der Waals surface area contributed by atoms with Crippen molar-refractivity contribution < 1.29 is 18.7 Å². The molecule has 0 aliphatic rings. The number of furan rings is 1. The predicted molar refractivity (Wildman–Crippen MR) is 74.6 cm³/mol. The van der Waals surface area contributed by atoms with E-state index in [-0.39, 0.29) is 0 Å². The Bertz CT molecular complexity index is 638. The first kappa shape index (κ1) is 15.1. The fourth-order valence-electron chi connectivity index (χ4n) is 1.50. The van der Waals surface area contributed by atoms with Gasteiger partial charge in [0.2, 0.25) is 5.91 Å². The molecule has 0 aromatic carbocycles. The van der Waals surface area contributed by atoms with Crippen LogP contribution in [0, 0.1) is 0 Å². The standard InChI is InChI=1S/C12H14N4O4S/c1-7(10(17)13-12(18)19-3)21-11-15-14-9(16(11)2)8-5-4-6-20-8/h4-7H,1-3H3,(H,13,17,18)/t7-/m1/s1. The van der Waals surface area contributed by atoms with E-state index in [4.69, 9.17) is 4.42 Å². The van der Waals surface area contributed by atoms with E-state index < -0.39 is 17.3 Å². The van der Waals surface area contributed by atoms with Crippen LogP contribution in [-0.4, -0.2) is 39.1 Å². The Kier molecular flexibility index (Phi) is 4.63. The van der Waals surface area contributed by atoms with E-state index in [1.54, 1.807) is 36.9 Å². The number of hydrogen-bond acceptors (Lipinski definition) is 7. The lowest BCUT2D eigenvalue weighted by atomic mass is 10.4. The third-order valence-electron chi connectivity index (χ3n) is 2.64. The van der Waals surface area contributed by atoms with Gasteiger partial charge in [-0.05, 0) is 19.1 Å². The molecular weight excluding hydrogens is 296 g/mol. The summed E-state index contributed by atoms with van der Waals surface area (Å²) in [6, 6.07) is 3.52. The normalized spacial score (nSPS) is 12.0. The van der Waals surface area contributed by atoms with Crippen LogP contribution in [0.2, 0.25) is 0 Å². The van der Waals surface area contributed by atoms with E-state index in [0.717, 1.165) is 0 Å². The minimum Gasteiger partial charge on any atom is -0.461 e. The molecule has 2 heterocycles. The number of methoxy groups -OCH3 is 1. The van der Waals surface area contributed by atoms with Crippen molar-refractivity contribution in [1.82, 2.24) is 20.1 Å². The first-order chi connectivity index (χ1) is 10.0. The van der Waals surface area contributed by atoms with Gasteiger partial charge < -0.3 is 13.7 Å². The number of hydrogen-bond donors (Lipinski definition) is 1. The molecule has 0 aliphatic heterocycles. The molecule has 0 aliphatic carbocycles. The van der Waals surface area contributed by atoms with Crippen LogP contribution in [0.5, 0.6) is 0 Å². The van der Waals surface area contributed by atoms with Crippen LogP contribution < -0.4 is 5.32 Å². The van der Waals surface area contributed by atoms with Crippen molar-refractivity contribution in [2.75, 3.05) is 7.11 Å². The van der Waals surface area contributed by atoms with Gasteiger partial charge in [-0.15, -0.1) is 10.2 Å². The van der Waals surface area contributed by atoms with Crippen molar-refractivity contribution >= 4 is 23.8 Å². The number of rotatable bonds is 4. The van der Waals surface area contributed by atoms with Crippen molar-refractivity contribution in [2.45, 2.75) is 17.3 Å². The molecule has 1 atom stereocenters. The van der Waals surface area contributed by atoms with Crippen LogP contribution in [0.4, 0.5) is 4.79 Å². The lowest BCUT2D eigenvalue weighted by Gasteiger charge is -2.09. The number of carbonyl (C=O) groups excluding carboxylic acids is 2. The number of carbonyl (C=O) groups is 2. The molecule has 0 radical (unpaired) electrons. The summed E-state index contributed by atoms with van der Waals surface area (Å²) in [5.41, 5.74) is 0. The molecule has 2 rings (SSSR count). The molecule has 2 amide bonds. The Labute approximate surface area is 124 Å². The average Bonchev–Trinajstić information content (AvgIpc) is 3.09. The van der Waals surface area contributed by atoms with Crippen molar-refractivity contribution in [3.05, 3.63) is 18.4 Å². The summed E-state index contributed by atoms with van der Waals surface area (Å²) in [4.78, 5) is 22.8. The quantitative estimate of drug-likeness (QED) is 0.853. The summed E-state index contributed by atoms with van der Waals surface area (Å²) in [7, 11) is 2.96. The molecule has 21 heavy (non-hydrogen) atoms. The largest absolute Gasteiger partial charge is 0.461 e. The second-order valence-corrected chi connectivity index (χ2v) is 5.39. The zero-order valence-electron chi connectivity index (χ0n) is 11.7. The number of aromatic nitrogens is 3. The molecule has 0 fully saturated rings. The van der Waals surface area contributed by atoms with Gasteiger partial charge in [0.05, 0.1) is 18.6 Å². The summed E-state index contributed by atoms with van der Waals surface area (Å²) < 4.78 is 11.3. The third kappa shape index (κ3) is 3.43. The number of imide groups is 1. The number of thioether (sulfide) groups is 1. The topological polar surface area (TPSA) is 99.2 Å². The number of nitrogens with one attached hydrogen (secondary N) is 1. The Morgan fingerprint density at radius 1 is 1.48 bits per heavy atom. The lowest BCUT2D eigenvalue weighted by molar-refractivity contribution is -0.119. The van der Waals surface area contributed by atoms with Crippen LogP contribution in [0.15, 0.2) is 28.0 Å². The highest BCUT2D eigenvalue weighted by Crippen LogP contribution is 2.25. The molecule has 0 spiro atoms. The van der Waals surface area contributed by atoms with E-state index >= 15 is 0 Å². The Hall–Kier alpha value is -2.29. The smallest absolute Gasteiger partial charge is 0.413 e. The van der Waals surface area contributed by atoms with Crippen molar-refractivity contribution in [2.24, 2.45) is 7.05 Å². The highest BCUT2D eigenvalue weighted by atomic mass is 32.2. The summed E-state index contributed by atoms with van der Waals surface area (Å²) in [6.07, 6.45) is 0.755. The Morgan fingerprint density at radius 2 is 2.24 bits per heavy atom. The van der Waals surface area contributed by atoms with Crippen LogP contribution in [0.25, 0.3) is 11.6 Å². The third-order valence-corrected chi connectivity index (χ3v) is 3.77. The minimum atomic E-state index is -0.790. The number of ether oxygens (including phenoxy) is 1. The lowest BCUT2D eigenvalue weighted by Crippen LogP contribution is -2.35. The molecule has 2 aromatic heterocycles. The fraction of sp³-hybridized carbons (Fsp3) is 0.333. The molecular formula is C12H14N4O4S. The summed E-state index contributed by atoms with van der Waals surface area (Å²) in [5.74, 6) is 0.681. The van der Waals surface area contributed by atoms with Gasteiger partial charge in [-0.3, -0.25) is 10.1 Å². The molecule has 8 nitrogen and oxygen atoms in total. The average molecular weight is 310 g/mol. The van der Waals surface area contributed by atoms with Gasteiger partial charge in [-0.25, -0.2) is 4.79 Å². The predicted octanol–water partition coefficient (Wildman–Crippen LogP) is 1.44. The molecule has 0 unspecified atom stereocenters. The number of nitrogens with zero attached hydrogens (tertiary/aromatic N) is 3. The molecule has 2 aromatic rings. The second-order valence-electron chi connectivity index (χ2n) is 4.08. The SMILES string of the molecule is COC(=O)NC(=O)[C@@H](C)Sc1nnc(-c2ccco2)n1C. The van der Waals surface area contributed by atoms with Gasteiger partial charge >= 0.3 is 6.09 Å². The van der Waals surface area contributed by atoms with Gasteiger partial charge in [0, 0.05) is 7.05 Å². The Balaban J connectivity index is 2.07. The van der Waals surface area contributed by atoms with Gasteiger partial charge in [-0.1, -0.05) is 11.8 Å². The van der Waals surface area contributed by atoms with Gasteiger partial charge in [0.25, 0.3) is 0 Å². The minimum absolute atomic E-state index is 0.464. The van der Waals surface area contributed by atoms with Crippen LogP contribution in [0.1, 0.15) is 6.92 Å². The maximum Gasteiger partial charge on any atom is 0.413 e. The van der Waals surface area contributed by atoms with Crippen LogP contribution in [-0.2, 0) is 16.6 Å². The highest BCUT2D eigenvalue weighted by molar-refractivity contribution is 8.00. The highest BCUT2D eigenvalue weighted by Gasteiger charge is 2.21. The molecule has 0 bridgehead atoms. The van der Waals surface area contributed by atoms with Crippen LogP contribution >= 0.6 is 11.8 Å². The van der Waals surface area contributed by atoms with Crippen molar-refractivity contribution in [3.63, 3.8) is 0 Å². The maximum absolute atomic E-state index is 11.8. The van der Waals surface area contributed by atoms with Crippen molar-refractivity contribution in [1.29, 1.82) is 0 Å². The summed E-state index contributed by atoms with van der Waals surface area (Å²) >= 11 is 1.18. The summed E-state index contributed by atoms with van der Waals surface area (Å²) in [6.45, 7) is 1.66. The zero-order valence-corrected chi connectivity index (χ0v) is 12.5. The molecule has 112 valence electrons. The van der Waals surface area contributed by atoms with E-state index in [1.165, 1.54) is 18.9 Å². The van der Waals surface area contributed by atoms with Gasteiger partial charge in [0.15, 0.2) is 16.7 Å². The number of amides is 2. The molecule has 0 saturated heterocycles. The first-order valence-electron chi connectivity index (χ1n) is 6.01. The summed E-state index contributed by atoms with van der Waals surface area (Å²) in [5, 5.41) is 10.1. The molecule has 9 heteroatoms. The van der Waals surface area contributed by atoms with E-state index in [0.29, 0.717) is 16.7 Å². The van der Waals surface area contributed by atoms with Gasteiger partial charge in [0.1, 0.15) is 0 Å². The molecule has 0 saturated carbocycles. The Morgan fingerprint density at radius 3 is 2.86 bits per heavy atom.